The molecule has 1 aliphatic rings. The van der Waals surface area contributed by atoms with E-state index in [-0.39, 0.29) is 12.5 Å². The lowest BCUT2D eigenvalue weighted by molar-refractivity contribution is -0.122. The zero-order valence-electron chi connectivity index (χ0n) is 13.6. The van der Waals surface area contributed by atoms with Gasteiger partial charge in [-0.3, -0.25) is 19.5 Å². The fraction of sp³-hybridized carbons (Fsp3) is 0.375. The Morgan fingerprint density at radius 3 is 2.72 bits per heavy atom. The summed E-state index contributed by atoms with van der Waals surface area (Å²) in [6, 6.07) is 6.06. The summed E-state index contributed by atoms with van der Waals surface area (Å²) in [6.07, 6.45) is 1.71. The minimum absolute atomic E-state index is 0.242. The summed E-state index contributed by atoms with van der Waals surface area (Å²) in [5, 5.41) is 5.01. The third-order valence-corrected chi connectivity index (χ3v) is 3.82. The van der Waals surface area contributed by atoms with Crippen LogP contribution < -0.4 is 21.3 Å². The topological polar surface area (TPSA) is 109 Å². The second-order valence-electron chi connectivity index (χ2n) is 5.63. The summed E-state index contributed by atoms with van der Waals surface area (Å²) in [4.78, 5) is 41.2. The minimum atomic E-state index is -0.439. The van der Waals surface area contributed by atoms with E-state index >= 15 is 0 Å². The molecule has 3 rings (SSSR count). The Hall–Kier alpha value is -2.94. The van der Waals surface area contributed by atoms with Crippen LogP contribution >= 0.6 is 0 Å². The van der Waals surface area contributed by atoms with Crippen LogP contribution in [0.25, 0.3) is 0 Å². The van der Waals surface area contributed by atoms with Crippen LogP contribution in [0.5, 0.6) is 0 Å². The number of nitrogens with one attached hydrogen (secondary N) is 2. The third kappa shape index (κ3) is 4.54. The molecule has 0 aliphatic carbocycles. The van der Waals surface area contributed by atoms with Crippen LogP contribution in [-0.2, 0) is 22.6 Å². The minimum Gasteiger partial charge on any atom is -0.378 e. The lowest BCUT2D eigenvalue weighted by atomic mass is 10.2. The largest absolute Gasteiger partial charge is 0.378 e. The van der Waals surface area contributed by atoms with Crippen molar-refractivity contribution in [1.82, 2.24) is 20.1 Å². The van der Waals surface area contributed by atoms with Crippen molar-refractivity contribution in [2.45, 2.75) is 13.1 Å². The van der Waals surface area contributed by atoms with Crippen LogP contribution in [0.2, 0.25) is 0 Å². The van der Waals surface area contributed by atoms with Crippen LogP contribution in [0.4, 0.5) is 5.82 Å². The number of ether oxygens (including phenoxy) is 1. The van der Waals surface area contributed by atoms with E-state index in [1.807, 2.05) is 12.1 Å². The van der Waals surface area contributed by atoms with E-state index in [1.165, 1.54) is 0 Å². The first-order valence-electron chi connectivity index (χ1n) is 7.96. The van der Waals surface area contributed by atoms with E-state index in [9.17, 15) is 14.4 Å². The Kier molecular flexibility index (Phi) is 5.24. The summed E-state index contributed by atoms with van der Waals surface area (Å²) in [7, 11) is 0. The van der Waals surface area contributed by atoms with Crippen molar-refractivity contribution in [3.05, 3.63) is 56.7 Å². The molecule has 3 heterocycles. The van der Waals surface area contributed by atoms with Crippen molar-refractivity contribution in [3.63, 3.8) is 0 Å². The molecule has 0 saturated carbocycles. The number of nitrogens with zero attached hydrogens (tertiary/aromatic N) is 3. The van der Waals surface area contributed by atoms with Crippen LogP contribution in [0.1, 0.15) is 5.56 Å². The zero-order valence-corrected chi connectivity index (χ0v) is 13.6. The lowest BCUT2D eigenvalue weighted by Crippen LogP contribution is -2.36. The highest BCUT2D eigenvalue weighted by Gasteiger charge is 2.12. The molecular weight excluding hydrogens is 326 g/mol. The highest BCUT2D eigenvalue weighted by atomic mass is 16.5. The van der Waals surface area contributed by atoms with Gasteiger partial charge in [0.2, 0.25) is 5.91 Å². The maximum Gasteiger partial charge on any atom is 0.265 e. The van der Waals surface area contributed by atoms with E-state index in [2.05, 4.69) is 20.3 Å². The van der Waals surface area contributed by atoms with Gasteiger partial charge < -0.3 is 15.0 Å². The molecule has 1 fully saturated rings. The van der Waals surface area contributed by atoms with Crippen molar-refractivity contribution >= 4 is 11.7 Å². The number of hydrogen-bond acceptors (Lipinski definition) is 6. The molecule has 25 heavy (non-hydrogen) atoms. The fourth-order valence-corrected chi connectivity index (χ4v) is 2.48. The molecule has 1 amide bonds. The van der Waals surface area contributed by atoms with Gasteiger partial charge in [0, 0.05) is 38.0 Å². The Balaban J connectivity index is 1.54. The standard InChI is InChI=1S/C16H19N5O4/c22-14-3-4-16(24)21(19-14)11-15(23)18-10-12-1-2-13(17-9-12)20-5-7-25-8-6-20/h1-4,9H,5-8,10-11H2,(H,18,23)(H,19,22). The van der Waals surface area contributed by atoms with Gasteiger partial charge in [-0.05, 0) is 11.6 Å². The van der Waals surface area contributed by atoms with Gasteiger partial charge in [-0.1, -0.05) is 6.07 Å². The maximum atomic E-state index is 11.9. The molecule has 2 aromatic rings. The molecule has 0 aromatic carbocycles. The zero-order chi connectivity index (χ0) is 17.6. The molecule has 132 valence electrons. The molecule has 1 aliphatic heterocycles. The predicted molar refractivity (Wildman–Crippen MR) is 90.4 cm³/mol. The number of amides is 1. The molecule has 1 saturated heterocycles. The number of carbonyl (C=O) groups is 1. The molecule has 2 N–H and O–H groups in total. The average molecular weight is 345 g/mol. The molecule has 0 radical (unpaired) electrons. The SMILES string of the molecule is O=C(Cn1[nH]c(=O)ccc1=O)NCc1ccc(N2CCOCC2)nc1. The van der Waals surface area contributed by atoms with Crippen molar-refractivity contribution < 1.29 is 9.53 Å². The van der Waals surface area contributed by atoms with Crippen LogP contribution in [-0.4, -0.2) is 47.0 Å². The number of aromatic amines is 1. The quantitative estimate of drug-likeness (QED) is 0.726. The van der Waals surface area contributed by atoms with Gasteiger partial charge in [0.15, 0.2) is 0 Å². The Morgan fingerprint density at radius 1 is 1.20 bits per heavy atom. The second kappa shape index (κ2) is 7.75. The predicted octanol–water partition coefficient (Wildman–Crippen LogP) is -0.915. The summed E-state index contributed by atoms with van der Waals surface area (Å²) in [5.41, 5.74) is -0.0270. The number of carbonyl (C=O) groups excluding carboxylic acids is 1. The van der Waals surface area contributed by atoms with Gasteiger partial charge in [-0.25, -0.2) is 9.67 Å². The molecule has 9 nitrogen and oxygen atoms in total. The smallest absolute Gasteiger partial charge is 0.265 e. The third-order valence-electron chi connectivity index (χ3n) is 3.82. The molecule has 0 spiro atoms. The van der Waals surface area contributed by atoms with Crippen molar-refractivity contribution in [2.75, 3.05) is 31.2 Å². The molecule has 2 aromatic heterocycles. The summed E-state index contributed by atoms with van der Waals surface area (Å²) in [6.45, 7) is 3.07. The second-order valence-corrected chi connectivity index (χ2v) is 5.63. The maximum absolute atomic E-state index is 11.9. The van der Waals surface area contributed by atoms with Crippen molar-refractivity contribution in [3.8, 4) is 0 Å². The number of morpholine rings is 1. The number of pyridine rings is 1. The summed E-state index contributed by atoms with van der Waals surface area (Å²) < 4.78 is 6.28. The van der Waals surface area contributed by atoms with E-state index in [4.69, 9.17) is 4.74 Å². The first-order valence-corrected chi connectivity index (χ1v) is 7.96. The van der Waals surface area contributed by atoms with E-state index in [1.54, 1.807) is 6.20 Å². The molecule has 0 bridgehead atoms. The Bertz CT molecular complexity index is 837. The summed E-state index contributed by atoms with van der Waals surface area (Å²) in [5.74, 6) is 0.507. The van der Waals surface area contributed by atoms with Crippen LogP contribution in [0.3, 0.4) is 0 Å². The number of anilines is 1. The van der Waals surface area contributed by atoms with Gasteiger partial charge in [0.1, 0.15) is 12.4 Å². The molecular formula is C16H19N5O4. The number of aromatic nitrogens is 3. The van der Waals surface area contributed by atoms with E-state index in [0.717, 1.165) is 41.3 Å². The van der Waals surface area contributed by atoms with Crippen molar-refractivity contribution in [2.24, 2.45) is 0 Å². The highest BCUT2D eigenvalue weighted by molar-refractivity contribution is 5.75. The summed E-state index contributed by atoms with van der Waals surface area (Å²) >= 11 is 0. The molecule has 9 heteroatoms. The first-order chi connectivity index (χ1) is 12.1. The van der Waals surface area contributed by atoms with E-state index in [0.29, 0.717) is 19.8 Å². The van der Waals surface area contributed by atoms with Gasteiger partial charge in [-0.15, -0.1) is 0 Å². The van der Waals surface area contributed by atoms with Crippen molar-refractivity contribution in [1.29, 1.82) is 0 Å². The normalized spacial score (nSPS) is 14.3. The Labute approximate surface area is 143 Å². The number of rotatable bonds is 5. The van der Waals surface area contributed by atoms with Gasteiger partial charge in [-0.2, -0.15) is 0 Å². The lowest BCUT2D eigenvalue weighted by Gasteiger charge is -2.27. The monoisotopic (exact) mass is 345 g/mol. The molecule has 0 atom stereocenters. The van der Waals surface area contributed by atoms with Crippen LogP contribution in [0.15, 0.2) is 40.1 Å². The highest BCUT2D eigenvalue weighted by Crippen LogP contribution is 2.12. The molecule has 0 unspecified atom stereocenters. The number of H-pyrrole nitrogens is 1. The van der Waals surface area contributed by atoms with Gasteiger partial charge in [0.25, 0.3) is 11.1 Å². The van der Waals surface area contributed by atoms with Gasteiger partial charge >= 0.3 is 0 Å². The van der Waals surface area contributed by atoms with Gasteiger partial charge in [0.05, 0.1) is 13.2 Å². The first kappa shape index (κ1) is 16.9. The van der Waals surface area contributed by atoms with E-state index < -0.39 is 11.1 Å². The fourth-order valence-electron chi connectivity index (χ4n) is 2.48. The van der Waals surface area contributed by atoms with Crippen LogP contribution in [0, 0.1) is 0 Å². The average Bonchev–Trinajstić information content (AvgIpc) is 2.64. The Morgan fingerprint density at radius 2 is 2.00 bits per heavy atom. The number of hydrogen-bond donors (Lipinski definition) is 2.